The van der Waals surface area contributed by atoms with Crippen molar-refractivity contribution >= 4 is 18.3 Å². The van der Waals surface area contributed by atoms with Gasteiger partial charge in [-0.05, 0) is 25.3 Å². The van der Waals surface area contributed by atoms with Crippen LogP contribution in [0, 0.1) is 5.92 Å². The van der Waals surface area contributed by atoms with Crippen molar-refractivity contribution in [1.82, 2.24) is 10.2 Å². The lowest BCUT2D eigenvalue weighted by Crippen LogP contribution is -2.38. The van der Waals surface area contributed by atoms with E-state index in [1.807, 2.05) is 11.9 Å². The van der Waals surface area contributed by atoms with E-state index in [2.05, 4.69) is 5.32 Å². The minimum absolute atomic E-state index is 0. The van der Waals surface area contributed by atoms with Crippen LogP contribution in [0.5, 0.6) is 0 Å². The molecule has 2 rings (SSSR count). The van der Waals surface area contributed by atoms with Crippen LogP contribution in [-0.4, -0.2) is 37.0 Å². The molecular formula is C13H25ClN2O. The molecule has 4 heteroatoms. The van der Waals surface area contributed by atoms with Crippen molar-refractivity contribution in [1.29, 1.82) is 0 Å². The Morgan fingerprint density at radius 3 is 2.59 bits per heavy atom. The molecule has 1 N–H and O–H groups in total. The number of nitrogens with one attached hydrogen (secondary N) is 1. The highest BCUT2D eigenvalue weighted by molar-refractivity contribution is 5.85. The summed E-state index contributed by atoms with van der Waals surface area (Å²) in [5.74, 6) is 1.18. The molecule has 1 saturated carbocycles. The fraction of sp³-hybridized carbons (Fsp3) is 0.923. The fourth-order valence-corrected chi connectivity index (χ4v) is 2.98. The molecule has 1 unspecified atom stereocenters. The second-order valence-corrected chi connectivity index (χ2v) is 5.34. The van der Waals surface area contributed by atoms with Gasteiger partial charge in [-0.25, -0.2) is 0 Å². The standard InChI is InChI=1S/C13H24N2O.ClH/c1-15(12-8-9-14-10-12)13(16)7-6-11-4-2-3-5-11;/h11-12,14H,2-10H2,1H3;1H. The maximum absolute atomic E-state index is 12.0. The predicted octanol–water partition coefficient (Wildman–Crippen LogP) is 2.20. The summed E-state index contributed by atoms with van der Waals surface area (Å²) in [6.45, 7) is 2.04. The molecule has 0 aromatic rings. The SMILES string of the molecule is CN(C(=O)CCC1CCCC1)C1CCNC1.Cl. The molecule has 0 spiro atoms. The molecule has 1 saturated heterocycles. The monoisotopic (exact) mass is 260 g/mol. The minimum Gasteiger partial charge on any atom is -0.341 e. The van der Waals surface area contributed by atoms with Gasteiger partial charge in [-0.15, -0.1) is 12.4 Å². The van der Waals surface area contributed by atoms with E-state index in [1.165, 1.54) is 25.7 Å². The molecule has 1 amide bonds. The van der Waals surface area contributed by atoms with E-state index in [9.17, 15) is 4.79 Å². The van der Waals surface area contributed by atoms with Crippen LogP contribution >= 0.6 is 12.4 Å². The van der Waals surface area contributed by atoms with Crippen molar-refractivity contribution < 1.29 is 4.79 Å². The lowest BCUT2D eigenvalue weighted by atomic mass is 10.0. The summed E-state index contributed by atoms with van der Waals surface area (Å²) in [6, 6.07) is 0.441. The van der Waals surface area contributed by atoms with Gasteiger partial charge in [0, 0.05) is 26.1 Å². The second kappa shape index (κ2) is 7.22. The number of halogens is 1. The number of hydrogen-bond donors (Lipinski definition) is 1. The second-order valence-electron chi connectivity index (χ2n) is 5.34. The average molecular weight is 261 g/mol. The van der Waals surface area contributed by atoms with E-state index in [0.29, 0.717) is 11.9 Å². The van der Waals surface area contributed by atoms with Gasteiger partial charge < -0.3 is 10.2 Å². The van der Waals surface area contributed by atoms with E-state index >= 15 is 0 Å². The Morgan fingerprint density at radius 1 is 1.29 bits per heavy atom. The average Bonchev–Trinajstić information content (AvgIpc) is 2.96. The van der Waals surface area contributed by atoms with Crippen molar-refractivity contribution in [3.63, 3.8) is 0 Å². The summed E-state index contributed by atoms with van der Waals surface area (Å²) in [4.78, 5) is 14.0. The topological polar surface area (TPSA) is 32.3 Å². The van der Waals surface area contributed by atoms with E-state index < -0.39 is 0 Å². The quantitative estimate of drug-likeness (QED) is 0.841. The van der Waals surface area contributed by atoms with Gasteiger partial charge in [0.2, 0.25) is 5.91 Å². The Bertz CT molecular complexity index is 236. The highest BCUT2D eigenvalue weighted by Gasteiger charge is 2.24. The molecule has 1 aliphatic heterocycles. The Morgan fingerprint density at radius 2 is 2.00 bits per heavy atom. The minimum atomic E-state index is 0. The smallest absolute Gasteiger partial charge is 0.222 e. The first-order valence-corrected chi connectivity index (χ1v) is 6.74. The Balaban J connectivity index is 0.00000144. The van der Waals surface area contributed by atoms with Gasteiger partial charge in [0.05, 0.1) is 0 Å². The van der Waals surface area contributed by atoms with Crippen LogP contribution in [0.2, 0.25) is 0 Å². The van der Waals surface area contributed by atoms with Crippen LogP contribution in [0.25, 0.3) is 0 Å². The zero-order valence-corrected chi connectivity index (χ0v) is 11.6. The molecule has 0 radical (unpaired) electrons. The van der Waals surface area contributed by atoms with Crippen molar-refractivity contribution in [2.24, 2.45) is 5.92 Å². The highest BCUT2D eigenvalue weighted by atomic mass is 35.5. The van der Waals surface area contributed by atoms with Crippen LogP contribution < -0.4 is 5.32 Å². The third-order valence-corrected chi connectivity index (χ3v) is 4.22. The molecule has 3 nitrogen and oxygen atoms in total. The molecule has 17 heavy (non-hydrogen) atoms. The van der Waals surface area contributed by atoms with Crippen LogP contribution in [0.15, 0.2) is 0 Å². The van der Waals surface area contributed by atoms with Gasteiger partial charge in [-0.1, -0.05) is 25.7 Å². The van der Waals surface area contributed by atoms with E-state index in [4.69, 9.17) is 0 Å². The maximum atomic E-state index is 12.0. The van der Waals surface area contributed by atoms with Crippen LogP contribution in [0.1, 0.15) is 44.9 Å². The molecule has 100 valence electrons. The van der Waals surface area contributed by atoms with Crippen LogP contribution in [0.4, 0.5) is 0 Å². The van der Waals surface area contributed by atoms with Gasteiger partial charge in [0.1, 0.15) is 0 Å². The van der Waals surface area contributed by atoms with Gasteiger partial charge in [-0.2, -0.15) is 0 Å². The Kier molecular flexibility index (Phi) is 6.28. The van der Waals surface area contributed by atoms with Gasteiger partial charge >= 0.3 is 0 Å². The Hall–Kier alpha value is -0.280. The van der Waals surface area contributed by atoms with Crippen molar-refractivity contribution in [3.05, 3.63) is 0 Å². The highest BCUT2D eigenvalue weighted by Crippen LogP contribution is 2.28. The molecule has 1 heterocycles. The zero-order valence-electron chi connectivity index (χ0n) is 10.8. The molecule has 0 aromatic carbocycles. The number of amides is 1. The third kappa shape index (κ3) is 4.14. The first kappa shape index (κ1) is 14.8. The maximum Gasteiger partial charge on any atom is 0.222 e. The number of rotatable bonds is 4. The number of nitrogens with zero attached hydrogens (tertiary/aromatic N) is 1. The van der Waals surface area contributed by atoms with E-state index in [1.54, 1.807) is 0 Å². The number of likely N-dealkylation sites (N-methyl/N-ethyl adjacent to an activating group) is 1. The summed E-state index contributed by atoms with van der Waals surface area (Å²) >= 11 is 0. The fourth-order valence-electron chi connectivity index (χ4n) is 2.98. The first-order valence-electron chi connectivity index (χ1n) is 6.74. The summed E-state index contributed by atoms with van der Waals surface area (Å²) in [6.07, 6.45) is 8.44. The Labute approximate surface area is 111 Å². The first-order chi connectivity index (χ1) is 7.77. The molecule has 0 bridgehead atoms. The summed E-state index contributed by atoms with van der Waals surface area (Å²) in [7, 11) is 1.97. The zero-order chi connectivity index (χ0) is 11.4. The number of carbonyl (C=O) groups is 1. The van der Waals surface area contributed by atoms with Crippen LogP contribution in [0.3, 0.4) is 0 Å². The van der Waals surface area contributed by atoms with E-state index in [0.717, 1.165) is 38.3 Å². The van der Waals surface area contributed by atoms with Crippen molar-refractivity contribution in [2.45, 2.75) is 51.0 Å². The largest absolute Gasteiger partial charge is 0.341 e. The number of carbonyl (C=O) groups excluding carboxylic acids is 1. The molecule has 2 fully saturated rings. The van der Waals surface area contributed by atoms with Gasteiger partial charge in [0.15, 0.2) is 0 Å². The molecule has 2 aliphatic rings. The summed E-state index contributed by atoms with van der Waals surface area (Å²) < 4.78 is 0. The van der Waals surface area contributed by atoms with Gasteiger partial charge in [0.25, 0.3) is 0 Å². The molecule has 0 aromatic heterocycles. The van der Waals surface area contributed by atoms with Gasteiger partial charge in [-0.3, -0.25) is 4.79 Å². The molecule has 1 aliphatic carbocycles. The third-order valence-electron chi connectivity index (χ3n) is 4.22. The van der Waals surface area contributed by atoms with E-state index in [-0.39, 0.29) is 12.4 Å². The van der Waals surface area contributed by atoms with Crippen LogP contribution in [-0.2, 0) is 4.79 Å². The molecular weight excluding hydrogens is 236 g/mol. The van der Waals surface area contributed by atoms with Crippen molar-refractivity contribution in [2.75, 3.05) is 20.1 Å². The lowest BCUT2D eigenvalue weighted by molar-refractivity contribution is -0.131. The normalized spacial score (nSPS) is 24.6. The predicted molar refractivity (Wildman–Crippen MR) is 72.5 cm³/mol. The summed E-state index contributed by atoms with van der Waals surface area (Å²) in [5.41, 5.74) is 0. The molecule has 1 atom stereocenters. The number of hydrogen-bond acceptors (Lipinski definition) is 2. The van der Waals surface area contributed by atoms with Crippen molar-refractivity contribution in [3.8, 4) is 0 Å². The lowest BCUT2D eigenvalue weighted by Gasteiger charge is -2.24. The summed E-state index contributed by atoms with van der Waals surface area (Å²) in [5, 5.41) is 3.31.